The van der Waals surface area contributed by atoms with Crippen LogP contribution < -0.4 is 11.1 Å². The van der Waals surface area contributed by atoms with Crippen molar-refractivity contribution in [1.82, 2.24) is 20.1 Å². The van der Waals surface area contributed by atoms with E-state index in [0.717, 1.165) is 0 Å². The smallest absolute Gasteiger partial charge is 0.408 e. The number of benzene rings is 1. The lowest BCUT2D eigenvalue weighted by molar-refractivity contribution is 0.0664. The van der Waals surface area contributed by atoms with Gasteiger partial charge in [-0.15, -0.1) is 0 Å². The van der Waals surface area contributed by atoms with Crippen molar-refractivity contribution in [2.75, 3.05) is 32.7 Å². The van der Waals surface area contributed by atoms with E-state index in [2.05, 4.69) is 31.1 Å². The summed E-state index contributed by atoms with van der Waals surface area (Å²) in [5.41, 5.74) is 1.41. The quantitative estimate of drug-likeness (QED) is 0.850. The molecule has 2 aromatic rings. The first-order valence-corrected chi connectivity index (χ1v) is 8.68. The first-order valence-electron chi connectivity index (χ1n) is 8.68. The van der Waals surface area contributed by atoms with Crippen molar-refractivity contribution in [3.05, 3.63) is 34.3 Å². The van der Waals surface area contributed by atoms with Gasteiger partial charge in [0, 0.05) is 38.3 Å². The second kappa shape index (κ2) is 6.86. The van der Waals surface area contributed by atoms with Crippen molar-refractivity contribution in [3.63, 3.8) is 0 Å². The fraction of sp³-hybridized carbons (Fsp3) is 0.500. The molecule has 0 spiro atoms. The molecule has 0 radical (unpaired) electrons. The van der Waals surface area contributed by atoms with Crippen LogP contribution in [0.15, 0.2) is 27.4 Å². The van der Waals surface area contributed by atoms with Crippen molar-refractivity contribution in [2.45, 2.75) is 20.8 Å². The maximum atomic E-state index is 12.7. The topological polar surface area (TPSA) is 98.6 Å². The third-order valence-corrected chi connectivity index (χ3v) is 4.29. The summed E-state index contributed by atoms with van der Waals surface area (Å²) < 4.78 is 5.01. The molecular weight excluding hydrogens is 336 g/mol. The van der Waals surface area contributed by atoms with Crippen molar-refractivity contribution in [1.29, 1.82) is 0 Å². The van der Waals surface area contributed by atoms with Crippen molar-refractivity contribution in [3.8, 4) is 0 Å². The first kappa shape index (κ1) is 18.0. The number of aromatic amines is 1. The van der Waals surface area contributed by atoms with Crippen LogP contribution in [0, 0.1) is 5.41 Å². The number of hydrogen-bond donors (Lipinski definition) is 2. The third-order valence-electron chi connectivity index (χ3n) is 4.29. The maximum Gasteiger partial charge on any atom is 0.417 e. The van der Waals surface area contributed by atoms with Crippen LogP contribution in [-0.2, 0) is 0 Å². The Balaban J connectivity index is 1.59. The molecule has 0 bridgehead atoms. The molecule has 1 aromatic carbocycles. The van der Waals surface area contributed by atoms with Gasteiger partial charge in [-0.2, -0.15) is 0 Å². The van der Waals surface area contributed by atoms with Crippen LogP contribution in [0.3, 0.4) is 0 Å². The third kappa shape index (κ3) is 4.07. The number of carbonyl (C=O) groups excluding carboxylic acids is 2. The molecule has 3 amide bonds. The summed E-state index contributed by atoms with van der Waals surface area (Å²) in [5.74, 6) is -0.676. The van der Waals surface area contributed by atoms with E-state index < -0.39 is 5.76 Å². The molecule has 8 nitrogen and oxygen atoms in total. The maximum absolute atomic E-state index is 12.7. The molecule has 0 atom stereocenters. The van der Waals surface area contributed by atoms with E-state index in [-0.39, 0.29) is 17.4 Å². The number of hydrogen-bond acceptors (Lipinski definition) is 4. The van der Waals surface area contributed by atoms with Crippen LogP contribution in [0.1, 0.15) is 31.1 Å². The Morgan fingerprint density at radius 2 is 1.81 bits per heavy atom. The Kier molecular flexibility index (Phi) is 4.76. The van der Waals surface area contributed by atoms with Crippen LogP contribution in [0.5, 0.6) is 0 Å². The fourth-order valence-corrected chi connectivity index (χ4v) is 2.83. The highest BCUT2D eigenvalue weighted by Crippen LogP contribution is 2.16. The predicted molar refractivity (Wildman–Crippen MR) is 97.2 cm³/mol. The number of carbonyl (C=O) groups is 2. The van der Waals surface area contributed by atoms with E-state index in [1.807, 2.05) is 0 Å². The second-order valence-corrected chi connectivity index (χ2v) is 7.72. The van der Waals surface area contributed by atoms with E-state index in [9.17, 15) is 14.4 Å². The lowest BCUT2D eigenvalue weighted by Crippen LogP contribution is -2.53. The normalized spacial score (nSPS) is 15.3. The summed E-state index contributed by atoms with van der Waals surface area (Å²) in [6.07, 6.45) is 0. The molecular formula is C18H24N4O4. The summed E-state index contributed by atoms with van der Waals surface area (Å²) in [7, 11) is 0. The first-order chi connectivity index (χ1) is 12.2. The molecule has 1 fully saturated rings. The highest BCUT2D eigenvalue weighted by molar-refractivity contribution is 5.97. The lowest BCUT2D eigenvalue weighted by atomic mass is 9.97. The number of aromatic nitrogens is 1. The summed E-state index contributed by atoms with van der Waals surface area (Å²) >= 11 is 0. The van der Waals surface area contributed by atoms with Gasteiger partial charge in [-0.3, -0.25) is 9.78 Å². The molecule has 1 saturated heterocycles. The van der Waals surface area contributed by atoms with Crippen LogP contribution in [0.4, 0.5) is 4.79 Å². The summed E-state index contributed by atoms with van der Waals surface area (Å²) in [6.45, 7) is 8.71. The number of amides is 3. The molecule has 8 heteroatoms. The molecule has 140 valence electrons. The van der Waals surface area contributed by atoms with Gasteiger partial charge in [0.05, 0.1) is 5.52 Å². The van der Waals surface area contributed by atoms with E-state index in [0.29, 0.717) is 49.4 Å². The van der Waals surface area contributed by atoms with E-state index >= 15 is 0 Å². The largest absolute Gasteiger partial charge is 0.417 e. The molecule has 26 heavy (non-hydrogen) atoms. The van der Waals surface area contributed by atoms with Gasteiger partial charge in [-0.05, 0) is 23.6 Å². The minimum Gasteiger partial charge on any atom is -0.408 e. The number of oxazole rings is 1. The van der Waals surface area contributed by atoms with E-state index in [1.165, 1.54) is 0 Å². The predicted octanol–water partition coefficient (Wildman–Crippen LogP) is 1.63. The number of nitrogens with one attached hydrogen (secondary N) is 2. The van der Waals surface area contributed by atoms with Gasteiger partial charge < -0.3 is 19.5 Å². The van der Waals surface area contributed by atoms with Gasteiger partial charge in [0.1, 0.15) is 0 Å². The number of urea groups is 1. The summed E-state index contributed by atoms with van der Waals surface area (Å²) in [5, 5.41) is 2.93. The number of nitrogens with zero attached hydrogens (tertiary/aromatic N) is 2. The number of fused-ring (bicyclic) bond motifs is 1. The molecule has 2 N–H and O–H groups in total. The fourth-order valence-electron chi connectivity index (χ4n) is 2.83. The monoisotopic (exact) mass is 360 g/mol. The number of piperazine rings is 1. The molecule has 1 aliphatic rings. The van der Waals surface area contributed by atoms with Crippen molar-refractivity contribution in [2.24, 2.45) is 5.41 Å². The van der Waals surface area contributed by atoms with Gasteiger partial charge in [-0.1, -0.05) is 20.8 Å². The lowest BCUT2D eigenvalue weighted by Gasteiger charge is -2.35. The standard InChI is InChI=1S/C18H24N4O4/c1-18(2,3)11-19-16(24)22-8-6-21(7-9-22)15(23)12-4-5-13-14(10-12)26-17(25)20-13/h4-5,10H,6-9,11H2,1-3H3,(H,19,24)(H,20,25). The Labute approximate surface area is 151 Å². The molecule has 3 rings (SSSR count). The minimum absolute atomic E-state index is 0.0271. The average Bonchev–Trinajstić information content (AvgIpc) is 2.97. The van der Waals surface area contributed by atoms with Gasteiger partial charge in [0.15, 0.2) is 5.58 Å². The Bertz CT molecular complexity index is 869. The Morgan fingerprint density at radius 1 is 1.15 bits per heavy atom. The number of H-pyrrole nitrogens is 1. The zero-order chi connectivity index (χ0) is 18.9. The molecule has 1 aliphatic heterocycles. The van der Waals surface area contributed by atoms with Gasteiger partial charge in [0.2, 0.25) is 0 Å². The molecule has 0 aliphatic carbocycles. The summed E-state index contributed by atoms with van der Waals surface area (Å²) in [6, 6.07) is 4.79. The zero-order valence-electron chi connectivity index (χ0n) is 15.3. The van der Waals surface area contributed by atoms with Crippen LogP contribution in [0.2, 0.25) is 0 Å². The van der Waals surface area contributed by atoms with Crippen LogP contribution in [-0.4, -0.2) is 59.4 Å². The Hall–Kier alpha value is -2.77. The molecule has 2 heterocycles. The number of rotatable bonds is 2. The van der Waals surface area contributed by atoms with Crippen molar-refractivity contribution < 1.29 is 14.0 Å². The zero-order valence-corrected chi connectivity index (χ0v) is 15.3. The van der Waals surface area contributed by atoms with Gasteiger partial charge in [0.25, 0.3) is 5.91 Å². The second-order valence-electron chi connectivity index (χ2n) is 7.72. The van der Waals surface area contributed by atoms with E-state index in [4.69, 9.17) is 4.42 Å². The van der Waals surface area contributed by atoms with Gasteiger partial charge in [-0.25, -0.2) is 9.59 Å². The summed E-state index contributed by atoms with van der Waals surface area (Å²) in [4.78, 5) is 42.1. The van der Waals surface area contributed by atoms with Gasteiger partial charge >= 0.3 is 11.8 Å². The van der Waals surface area contributed by atoms with Crippen LogP contribution >= 0.6 is 0 Å². The highest BCUT2D eigenvalue weighted by Gasteiger charge is 2.25. The van der Waals surface area contributed by atoms with Crippen LogP contribution in [0.25, 0.3) is 11.1 Å². The highest BCUT2D eigenvalue weighted by atomic mass is 16.4. The SMILES string of the molecule is CC(C)(C)CNC(=O)N1CCN(C(=O)c2ccc3[nH]c(=O)oc3c2)CC1. The molecule has 1 aromatic heterocycles. The molecule has 0 unspecified atom stereocenters. The van der Waals surface area contributed by atoms with Crippen molar-refractivity contribution >= 4 is 23.0 Å². The van der Waals surface area contributed by atoms with E-state index in [1.54, 1.807) is 28.0 Å². The molecule has 0 saturated carbocycles. The average molecular weight is 360 g/mol. The minimum atomic E-state index is -0.542. The Morgan fingerprint density at radius 3 is 2.46 bits per heavy atom.